The third-order valence-electron chi connectivity index (χ3n) is 4.63. The molecule has 2 aliphatic rings. The molecule has 0 saturated carbocycles. The topological polar surface area (TPSA) is 24.5 Å². The third kappa shape index (κ3) is 2.14. The van der Waals surface area contributed by atoms with Crippen LogP contribution in [0.15, 0.2) is 12.1 Å². The summed E-state index contributed by atoms with van der Waals surface area (Å²) in [6, 6.07) is 5.84. The second-order valence-corrected chi connectivity index (χ2v) is 6.04. The van der Waals surface area contributed by atoms with E-state index in [0.29, 0.717) is 18.1 Å². The molecule has 2 saturated heterocycles. The Labute approximate surface area is 119 Å². The Bertz CT molecular complexity index is 491. The number of rotatable bonds is 3. The summed E-state index contributed by atoms with van der Waals surface area (Å²) in [6.07, 6.45) is 1.27. The fourth-order valence-corrected chi connectivity index (χ4v) is 3.79. The van der Waals surface area contributed by atoms with Gasteiger partial charge in [0.2, 0.25) is 0 Å². The minimum atomic E-state index is 0.370. The van der Waals surface area contributed by atoms with E-state index in [2.05, 4.69) is 23.2 Å². The Morgan fingerprint density at radius 1 is 1.47 bits per heavy atom. The van der Waals surface area contributed by atoms with E-state index >= 15 is 0 Å². The lowest BCUT2D eigenvalue weighted by molar-refractivity contribution is 0.170. The first-order valence-corrected chi connectivity index (χ1v) is 7.31. The van der Waals surface area contributed by atoms with Crippen LogP contribution in [0, 0.1) is 6.92 Å². The van der Waals surface area contributed by atoms with E-state index in [9.17, 15) is 0 Å². The number of hydrogen-bond donors (Lipinski definition) is 1. The van der Waals surface area contributed by atoms with Crippen molar-refractivity contribution in [1.82, 2.24) is 10.2 Å². The number of likely N-dealkylation sites (tertiary alicyclic amines) is 1. The van der Waals surface area contributed by atoms with Gasteiger partial charge in [-0.3, -0.25) is 4.90 Å². The maximum Gasteiger partial charge on any atom is 0.123 e. The van der Waals surface area contributed by atoms with E-state index in [1.165, 1.54) is 12.0 Å². The number of hydrogen-bond acceptors (Lipinski definition) is 3. The summed E-state index contributed by atoms with van der Waals surface area (Å²) >= 11 is 6.53. The van der Waals surface area contributed by atoms with E-state index in [0.717, 1.165) is 29.4 Å². The molecule has 19 heavy (non-hydrogen) atoms. The van der Waals surface area contributed by atoms with Crippen molar-refractivity contribution in [2.45, 2.75) is 38.4 Å². The first-order chi connectivity index (χ1) is 9.11. The van der Waals surface area contributed by atoms with Gasteiger partial charge in [-0.1, -0.05) is 17.7 Å². The smallest absolute Gasteiger partial charge is 0.123 e. The third-order valence-corrected chi connectivity index (χ3v) is 5.13. The van der Waals surface area contributed by atoms with E-state index < -0.39 is 0 Å². The Hall–Kier alpha value is -0.770. The number of piperazine rings is 1. The Morgan fingerprint density at radius 2 is 2.26 bits per heavy atom. The summed E-state index contributed by atoms with van der Waals surface area (Å²) in [6.45, 7) is 6.53. The molecule has 0 spiro atoms. The average molecular weight is 281 g/mol. The molecule has 104 valence electrons. The van der Waals surface area contributed by atoms with Crippen molar-refractivity contribution in [3.8, 4) is 5.75 Å². The van der Waals surface area contributed by atoms with Crippen LogP contribution < -0.4 is 10.1 Å². The zero-order valence-corrected chi connectivity index (χ0v) is 12.5. The van der Waals surface area contributed by atoms with Gasteiger partial charge in [0.1, 0.15) is 5.75 Å². The molecule has 2 bridgehead atoms. The number of halogens is 1. The predicted molar refractivity (Wildman–Crippen MR) is 78.1 cm³/mol. The SMILES string of the molecule is COc1ccc([C@H](C)N2C[C@@H]3C[C@H]2CN3)c(Cl)c1C. The van der Waals surface area contributed by atoms with Gasteiger partial charge in [0.05, 0.1) is 12.1 Å². The molecule has 1 N–H and O–H groups in total. The lowest BCUT2D eigenvalue weighted by Gasteiger charge is -2.34. The van der Waals surface area contributed by atoms with Gasteiger partial charge in [0.15, 0.2) is 0 Å². The summed E-state index contributed by atoms with van der Waals surface area (Å²) in [5, 5.41) is 4.39. The number of methoxy groups -OCH3 is 1. The van der Waals surface area contributed by atoms with Crippen molar-refractivity contribution >= 4 is 11.6 Å². The largest absolute Gasteiger partial charge is 0.496 e. The van der Waals surface area contributed by atoms with Crippen molar-refractivity contribution in [3.05, 3.63) is 28.3 Å². The molecular weight excluding hydrogens is 260 g/mol. The molecule has 2 heterocycles. The molecule has 3 rings (SSSR count). The van der Waals surface area contributed by atoms with Crippen LogP contribution in [0.3, 0.4) is 0 Å². The van der Waals surface area contributed by atoms with Crippen molar-refractivity contribution in [2.24, 2.45) is 0 Å². The summed E-state index contributed by atoms with van der Waals surface area (Å²) in [4.78, 5) is 2.58. The Kier molecular flexibility index (Phi) is 3.46. The highest BCUT2D eigenvalue weighted by Crippen LogP contribution is 2.38. The summed E-state index contributed by atoms with van der Waals surface area (Å²) in [5.74, 6) is 0.866. The first kappa shape index (κ1) is 13.2. The fraction of sp³-hybridized carbons (Fsp3) is 0.600. The number of benzene rings is 1. The molecule has 1 aromatic carbocycles. The molecule has 4 heteroatoms. The van der Waals surface area contributed by atoms with Gasteiger partial charge < -0.3 is 10.1 Å². The van der Waals surface area contributed by atoms with Crippen LogP contribution in [-0.4, -0.2) is 37.2 Å². The summed E-state index contributed by atoms with van der Waals surface area (Å²) in [7, 11) is 1.69. The summed E-state index contributed by atoms with van der Waals surface area (Å²) in [5.41, 5.74) is 2.25. The highest BCUT2D eigenvalue weighted by atomic mass is 35.5. The quantitative estimate of drug-likeness (QED) is 0.921. The van der Waals surface area contributed by atoms with Crippen LogP contribution in [0.2, 0.25) is 5.02 Å². The molecule has 0 amide bonds. The average Bonchev–Trinajstić information content (AvgIpc) is 3.03. The number of nitrogens with zero attached hydrogens (tertiary/aromatic N) is 1. The molecule has 0 aromatic heterocycles. The molecule has 0 radical (unpaired) electrons. The molecule has 3 atom stereocenters. The molecule has 0 unspecified atom stereocenters. The Balaban J connectivity index is 1.88. The van der Waals surface area contributed by atoms with Crippen LogP contribution in [-0.2, 0) is 0 Å². The van der Waals surface area contributed by atoms with E-state index in [-0.39, 0.29) is 0 Å². The van der Waals surface area contributed by atoms with Crippen LogP contribution in [0.4, 0.5) is 0 Å². The zero-order chi connectivity index (χ0) is 13.6. The minimum absolute atomic E-state index is 0.370. The van der Waals surface area contributed by atoms with Gasteiger partial charge in [-0.25, -0.2) is 0 Å². The predicted octanol–water partition coefficient (Wildman–Crippen LogP) is 2.76. The molecule has 3 nitrogen and oxygen atoms in total. The number of fused-ring (bicyclic) bond motifs is 2. The van der Waals surface area contributed by atoms with Crippen LogP contribution in [0.5, 0.6) is 5.75 Å². The molecule has 2 fully saturated rings. The maximum atomic E-state index is 6.53. The lowest BCUT2D eigenvalue weighted by atomic mass is 10.0. The number of nitrogens with one attached hydrogen (secondary N) is 1. The van der Waals surface area contributed by atoms with Crippen LogP contribution in [0.1, 0.15) is 30.5 Å². The van der Waals surface area contributed by atoms with Crippen molar-refractivity contribution in [1.29, 1.82) is 0 Å². The maximum absolute atomic E-state index is 6.53. The van der Waals surface area contributed by atoms with Crippen molar-refractivity contribution in [3.63, 3.8) is 0 Å². The second kappa shape index (κ2) is 4.97. The van der Waals surface area contributed by atoms with Gasteiger partial charge in [-0.2, -0.15) is 0 Å². The van der Waals surface area contributed by atoms with E-state index in [1.807, 2.05) is 13.0 Å². The molecule has 2 aliphatic heterocycles. The highest BCUT2D eigenvalue weighted by Gasteiger charge is 2.40. The van der Waals surface area contributed by atoms with Gasteiger partial charge >= 0.3 is 0 Å². The van der Waals surface area contributed by atoms with Gasteiger partial charge in [0, 0.05) is 36.8 Å². The van der Waals surface area contributed by atoms with Crippen LogP contribution >= 0.6 is 11.6 Å². The van der Waals surface area contributed by atoms with E-state index in [1.54, 1.807) is 7.11 Å². The zero-order valence-electron chi connectivity index (χ0n) is 11.7. The fourth-order valence-electron chi connectivity index (χ4n) is 3.48. The first-order valence-electron chi connectivity index (χ1n) is 6.94. The monoisotopic (exact) mass is 280 g/mol. The number of ether oxygens (including phenoxy) is 1. The minimum Gasteiger partial charge on any atom is -0.496 e. The van der Waals surface area contributed by atoms with Gasteiger partial charge in [0.25, 0.3) is 0 Å². The lowest BCUT2D eigenvalue weighted by Crippen LogP contribution is -2.44. The molecular formula is C15H21ClN2O. The van der Waals surface area contributed by atoms with Gasteiger partial charge in [-0.05, 0) is 31.9 Å². The standard InChI is InChI=1S/C15H21ClN2O/c1-9-14(19-3)5-4-13(15(9)16)10(2)18-8-11-6-12(18)7-17-11/h4-5,10-12,17H,6-8H2,1-3H3/t10-,11-,12-/m0/s1. The normalized spacial score (nSPS) is 27.8. The van der Waals surface area contributed by atoms with Crippen LogP contribution in [0.25, 0.3) is 0 Å². The van der Waals surface area contributed by atoms with Crippen molar-refractivity contribution in [2.75, 3.05) is 20.2 Å². The summed E-state index contributed by atoms with van der Waals surface area (Å²) < 4.78 is 5.33. The van der Waals surface area contributed by atoms with Crippen molar-refractivity contribution < 1.29 is 4.74 Å². The Morgan fingerprint density at radius 3 is 2.84 bits per heavy atom. The molecule has 1 aromatic rings. The molecule has 0 aliphatic carbocycles. The van der Waals surface area contributed by atoms with E-state index in [4.69, 9.17) is 16.3 Å². The van der Waals surface area contributed by atoms with Gasteiger partial charge in [-0.15, -0.1) is 0 Å². The highest BCUT2D eigenvalue weighted by molar-refractivity contribution is 6.32. The second-order valence-electron chi connectivity index (χ2n) is 5.66.